The molecule has 0 bridgehead atoms. The Morgan fingerprint density at radius 1 is 1.17 bits per heavy atom. The van der Waals surface area contributed by atoms with Crippen LogP contribution >= 0.6 is 0 Å². The van der Waals surface area contributed by atoms with Gasteiger partial charge in [-0.25, -0.2) is 9.18 Å². The number of aromatic nitrogens is 1. The van der Waals surface area contributed by atoms with Crippen molar-refractivity contribution in [2.45, 2.75) is 13.5 Å². The Balaban J connectivity index is 2.31. The number of carbonyl (C=O) groups is 1. The van der Waals surface area contributed by atoms with Crippen molar-refractivity contribution in [3.8, 4) is 5.75 Å². The lowest BCUT2D eigenvalue weighted by Crippen LogP contribution is -2.27. The third-order valence-corrected chi connectivity index (χ3v) is 3.86. The largest absolute Gasteiger partial charge is 0.506 e. The van der Waals surface area contributed by atoms with Crippen LogP contribution in [-0.4, -0.2) is 20.7 Å². The zero-order valence-corrected chi connectivity index (χ0v) is 12.8. The summed E-state index contributed by atoms with van der Waals surface area (Å²) < 4.78 is 14.3. The minimum absolute atomic E-state index is 0.0687. The Hall–Kier alpha value is -3.15. The summed E-state index contributed by atoms with van der Waals surface area (Å²) in [7, 11) is 0. The molecule has 0 fully saturated rings. The van der Waals surface area contributed by atoms with E-state index in [1.54, 1.807) is 25.1 Å². The lowest BCUT2D eigenvalue weighted by atomic mass is 10.1. The molecule has 0 saturated heterocycles. The first-order valence-corrected chi connectivity index (χ1v) is 7.22. The first kappa shape index (κ1) is 15.7. The maximum absolute atomic E-state index is 13.0. The summed E-state index contributed by atoms with van der Waals surface area (Å²) in [6.07, 6.45) is 0. The van der Waals surface area contributed by atoms with E-state index in [0.29, 0.717) is 11.1 Å². The third kappa shape index (κ3) is 2.62. The molecule has 2 aromatic carbocycles. The van der Waals surface area contributed by atoms with Crippen LogP contribution in [0.15, 0.2) is 47.3 Å². The molecule has 1 heterocycles. The molecule has 122 valence electrons. The number of halogens is 1. The van der Waals surface area contributed by atoms with Crippen LogP contribution in [0.1, 0.15) is 21.5 Å². The maximum atomic E-state index is 13.0. The molecule has 0 amide bonds. The van der Waals surface area contributed by atoms with Crippen molar-refractivity contribution in [2.75, 3.05) is 0 Å². The minimum atomic E-state index is -1.49. The molecule has 0 saturated carbocycles. The van der Waals surface area contributed by atoms with E-state index in [2.05, 4.69) is 0 Å². The van der Waals surface area contributed by atoms with Gasteiger partial charge in [-0.1, -0.05) is 23.8 Å². The molecule has 2 N–H and O–H groups in total. The van der Waals surface area contributed by atoms with Gasteiger partial charge < -0.3 is 14.8 Å². The number of hydrogen-bond acceptors (Lipinski definition) is 3. The van der Waals surface area contributed by atoms with E-state index >= 15 is 0 Å². The normalized spacial score (nSPS) is 10.9. The van der Waals surface area contributed by atoms with Gasteiger partial charge in [0, 0.05) is 5.39 Å². The molecule has 3 rings (SSSR count). The summed E-state index contributed by atoms with van der Waals surface area (Å²) >= 11 is 0. The Morgan fingerprint density at radius 3 is 2.46 bits per heavy atom. The molecule has 0 aliphatic rings. The Kier molecular flexibility index (Phi) is 3.81. The third-order valence-electron chi connectivity index (χ3n) is 3.86. The quantitative estimate of drug-likeness (QED) is 0.775. The molecular weight excluding hydrogens is 313 g/mol. The number of rotatable bonds is 3. The van der Waals surface area contributed by atoms with Crippen LogP contribution in [0.25, 0.3) is 10.9 Å². The van der Waals surface area contributed by atoms with Crippen molar-refractivity contribution in [3.05, 3.63) is 75.3 Å². The van der Waals surface area contributed by atoms with E-state index in [1.165, 1.54) is 28.8 Å². The predicted octanol–water partition coefficient (Wildman–Crippen LogP) is 2.90. The van der Waals surface area contributed by atoms with Crippen molar-refractivity contribution in [2.24, 2.45) is 0 Å². The summed E-state index contributed by atoms with van der Waals surface area (Å²) in [5.74, 6) is -2.43. The second-order valence-electron chi connectivity index (χ2n) is 5.57. The minimum Gasteiger partial charge on any atom is -0.506 e. The highest BCUT2D eigenvalue weighted by atomic mass is 19.1. The maximum Gasteiger partial charge on any atom is 0.345 e. The lowest BCUT2D eigenvalue weighted by molar-refractivity contribution is 0.0691. The fraction of sp³-hybridized carbons (Fsp3) is 0.111. The van der Waals surface area contributed by atoms with Gasteiger partial charge in [-0.15, -0.1) is 0 Å². The fourth-order valence-corrected chi connectivity index (χ4v) is 2.68. The number of carboxylic acids is 1. The van der Waals surface area contributed by atoms with Crippen LogP contribution in [0.2, 0.25) is 0 Å². The first-order valence-electron chi connectivity index (χ1n) is 7.22. The van der Waals surface area contributed by atoms with Gasteiger partial charge in [-0.2, -0.15) is 0 Å². The molecule has 0 radical (unpaired) electrons. The zero-order valence-electron chi connectivity index (χ0n) is 12.8. The summed E-state index contributed by atoms with van der Waals surface area (Å²) in [4.78, 5) is 23.9. The monoisotopic (exact) mass is 327 g/mol. The van der Waals surface area contributed by atoms with Crippen molar-refractivity contribution in [1.29, 1.82) is 0 Å². The van der Waals surface area contributed by atoms with Gasteiger partial charge >= 0.3 is 5.97 Å². The van der Waals surface area contributed by atoms with Crippen LogP contribution < -0.4 is 5.56 Å². The van der Waals surface area contributed by atoms with Crippen LogP contribution in [-0.2, 0) is 6.54 Å². The van der Waals surface area contributed by atoms with E-state index in [0.717, 1.165) is 5.56 Å². The Morgan fingerprint density at radius 2 is 1.83 bits per heavy atom. The molecular formula is C18H14FNO4. The van der Waals surface area contributed by atoms with E-state index in [1.807, 2.05) is 0 Å². The molecule has 0 unspecified atom stereocenters. The van der Waals surface area contributed by atoms with Gasteiger partial charge in [-0.3, -0.25) is 4.79 Å². The highest BCUT2D eigenvalue weighted by Gasteiger charge is 2.21. The molecule has 3 aromatic rings. The molecule has 0 aliphatic carbocycles. The molecule has 0 spiro atoms. The average molecular weight is 327 g/mol. The number of aromatic carboxylic acids is 1. The number of hydrogen-bond donors (Lipinski definition) is 2. The van der Waals surface area contributed by atoms with E-state index in [9.17, 15) is 24.2 Å². The zero-order chi connectivity index (χ0) is 17.4. The number of fused-ring (bicyclic) bond motifs is 1. The topological polar surface area (TPSA) is 79.5 Å². The fourth-order valence-electron chi connectivity index (χ4n) is 2.68. The van der Waals surface area contributed by atoms with Crippen LogP contribution in [0.3, 0.4) is 0 Å². The summed E-state index contributed by atoms with van der Waals surface area (Å²) in [6.45, 7) is 1.87. The van der Waals surface area contributed by atoms with Gasteiger partial charge in [0.2, 0.25) is 0 Å². The van der Waals surface area contributed by atoms with Crippen LogP contribution in [0, 0.1) is 12.7 Å². The smallest absolute Gasteiger partial charge is 0.345 e. The lowest BCUT2D eigenvalue weighted by Gasteiger charge is -2.14. The Bertz CT molecular complexity index is 1010. The van der Waals surface area contributed by atoms with Crippen LogP contribution in [0.4, 0.5) is 4.39 Å². The van der Waals surface area contributed by atoms with E-state index in [-0.39, 0.29) is 11.9 Å². The number of benzene rings is 2. The Labute approximate surface area is 136 Å². The van der Waals surface area contributed by atoms with Gasteiger partial charge in [-0.05, 0) is 36.8 Å². The molecule has 0 aliphatic heterocycles. The van der Waals surface area contributed by atoms with E-state index < -0.39 is 28.7 Å². The number of aromatic hydroxyl groups is 1. The van der Waals surface area contributed by atoms with Crippen molar-refractivity contribution < 1.29 is 19.4 Å². The number of pyridine rings is 1. The summed E-state index contributed by atoms with van der Waals surface area (Å²) in [5.41, 5.74) is 0.400. The SMILES string of the molecule is Cc1ccc2c(c1)c(O)c(C(=O)O)c(=O)n2Cc1ccc(F)cc1. The van der Waals surface area contributed by atoms with Gasteiger partial charge in [0.15, 0.2) is 5.56 Å². The van der Waals surface area contributed by atoms with Crippen LogP contribution in [0.5, 0.6) is 5.75 Å². The molecule has 0 atom stereocenters. The summed E-state index contributed by atoms with van der Waals surface area (Å²) in [5, 5.41) is 19.8. The first-order chi connectivity index (χ1) is 11.4. The average Bonchev–Trinajstić information content (AvgIpc) is 2.53. The van der Waals surface area contributed by atoms with Crippen molar-refractivity contribution in [3.63, 3.8) is 0 Å². The second kappa shape index (κ2) is 5.81. The highest BCUT2D eigenvalue weighted by Crippen LogP contribution is 2.27. The van der Waals surface area contributed by atoms with Gasteiger partial charge in [0.05, 0.1) is 12.1 Å². The second-order valence-corrected chi connectivity index (χ2v) is 5.57. The summed E-state index contributed by atoms with van der Waals surface area (Å²) in [6, 6.07) is 10.6. The number of aryl methyl sites for hydroxylation is 1. The predicted molar refractivity (Wildman–Crippen MR) is 87.1 cm³/mol. The van der Waals surface area contributed by atoms with Crippen molar-refractivity contribution in [1.82, 2.24) is 4.57 Å². The molecule has 6 heteroatoms. The van der Waals surface area contributed by atoms with Gasteiger partial charge in [0.1, 0.15) is 11.6 Å². The molecule has 5 nitrogen and oxygen atoms in total. The number of carboxylic acid groups (broad SMARTS) is 1. The molecule has 24 heavy (non-hydrogen) atoms. The van der Waals surface area contributed by atoms with Gasteiger partial charge in [0.25, 0.3) is 5.56 Å². The highest BCUT2D eigenvalue weighted by molar-refractivity contribution is 5.98. The van der Waals surface area contributed by atoms with E-state index in [4.69, 9.17) is 0 Å². The number of nitrogens with zero attached hydrogens (tertiary/aromatic N) is 1. The molecule has 1 aromatic heterocycles. The standard InChI is InChI=1S/C18H14FNO4/c1-10-2-7-14-13(8-10)16(21)15(18(23)24)17(22)20(14)9-11-3-5-12(19)6-4-11/h2-8,21H,9H2,1H3,(H,23,24). The van der Waals surface area contributed by atoms with Crippen molar-refractivity contribution >= 4 is 16.9 Å².